The summed E-state index contributed by atoms with van der Waals surface area (Å²) in [6.45, 7) is 1.38. The van der Waals surface area contributed by atoms with Crippen LogP contribution in [0, 0.1) is 0 Å². The molecule has 0 unspecified atom stereocenters. The molecule has 2 aromatic carbocycles. The summed E-state index contributed by atoms with van der Waals surface area (Å²) in [5.74, 6) is 0.293. The lowest BCUT2D eigenvalue weighted by Gasteiger charge is -2.10. The van der Waals surface area contributed by atoms with Gasteiger partial charge in [-0.3, -0.25) is 14.5 Å². The van der Waals surface area contributed by atoms with Crippen LogP contribution >= 0.6 is 0 Å². The fraction of sp³-hybridized carbons (Fsp3) is 0.0417. The standard InChI is InChI=1S/C24H19N7O3S/c1-16(32)26-18-9-11-20(12-10-18)35(33,34)30-19-7-5-17(6-8-19)21-13-14-23-27-28-24(31(23)29-21)22-4-2-3-15-25-22/h2-15,30H,1H3,(H,26,32). The summed E-state index contributed by atoms with van der Waals surface area (Å²) < 4.78 is 29.7. The van der Waals surface area contributed by atoms with Gasteiger partial charge in [-0.05, 0) is 60.7 Å². The summed E-state index contributed by atoms with van der Waals surface area (Å²) in [5.41, 5.74) is 3.61. The first-order valence-corrected chi connectivity index (χ1v) is 12.0. The van der Waals surface area contributed by atoms with Crippen molar-refractivity contribution in [3.8, 4) is 22.8 Å². The first kappa shape index (κ1) is 22.2. The van der Waals surface area contributed by atoms with Crippen LogP contribution in [0.2, 0.25) is 0 Å². The largest absolute Gasteiger partial charge is 0.326 e. The second-order valence-corrected chi connectivity index (χ2v) is 9.30. The van der Waals surface area contributed by atoms with E-state index in [1.165, 1.54) is 31.2 Å². The van der Waals surface area contributed by atoms with Crippen LogP contribution in [-0.4, -0.2) is 39.1 Å². The number of nitrogens with one attached hydrogen (secondary N) is 2. The van der Waals surface area contributed by atoms with Crippen LogP contribution in [0.5, 0.6) is 0 Å². The lowest BCUT2D eigenvalue weighted by atomic mass is 10.1. The number of amides is 1. The van der Waals surface area contributed by atoms with Crippen molar-refractivity contribution in [3.63, 3.8) is 0 Å². The predicted octanol–water partition coefficient (Wildman–Crippen LogP) is 3.61. The van der Waals surface area contributed by atoms with Gasteiger partial charge in [0.25, 0.3) is 10.0 Å². The number of anilines is 2. The Hall–Kier alpha value is -4.64. The van der Waals surface area contributed by atoms with Crippen LogP contribution in [0.25, 0.3) is 28.4 Å². The van der Waals surface area contributed by atoms with Gasteiger partial charge in [-0.25, -0.2) is 8.42 Å². The molecule has 5 aromatic rings. The summed E-state index contributed by atoms with van der Waals surface area (Å²) in [6.07, 6.45) is 1.68. The smallest absolute Gasteiger partial charge is 0.261 e. The number of nitrogens with zero attached hydrogens (tertiary/aromatic N) is 5. The average molecular weight is 486 g/mol. The molecular weight excluding hydrogens is 466 g/mol. The van der Waals surface area contributed by atoms with Gasteiger partial charge >= 0.3 is 0 Å². The van der Waals surface area contributed by atoms with Crippen molar-refractivity contribution in [1.82, 2.24) is 24.8 Å². The maximum absolute atomic E-state index is 12.7. The molecule has 3 heterocycles. The second-order valence-electron chi connectivity index (χ2n) is 7.62. The summed E-state index contributed by atoms with van der Waals surface area (Å²) in [4.78, 5) is 15.5. The summed E-state index contributed by atoms with van der Waals surface area (Å²) in [5, 5.41) is 15.6. The third-order valence-electron chi connectivity index (χ3n) is 5.07. The molecule has 0 saturated carbocycles. The fourth-order valence-electron chi connectivity index (χ4n) is 3.44. The molecule has 11 heteroatoms. The molecule has 1 amide bonds. The molecular formula is C24H19N7O3S. The molecule has 0 aliphatic carbocycles. The predicted molar refractivity (Wildman–Crippen MR) is 131 cm³/mol. The number of carbonyl (C=O) groups excluding carboxylic acids is 1. The summed E-state index contributed by atoms with van der Waals surface area (Å²) in [7, 11) is -3.80. The molecule has 0 radical (unpaired) electrons. The Labute approximate surface area is 200 Å². The Morgan fingerprint density at radius 1 is 0.829 bits per heavy atom. The number of carbonyl (C=O) groups is 1. The third kappa shape index (κ3) is 4.70. The van der Waals surface area contributed by atoms with Crippen LogP contribution in [0.4, 0.5) is 11.4 Å². The Morgan fingerprint density at radius 2 is 1.57 bits per heavy atom. The van der Waals surface area contributed by atoms with Gasteiger partial charge in [0.05, 0.1) is 10.6 Å². The fourth-order valence-corrected chi connectivity index (χ4v) is 4.50. The van der Waals surface area contributed by atoms with Gasteiger partial charge < -0.3 is 5.32 Å². The van der Waals surface area contributed by atoms with E-state index >= 15 is 0 Å². The number of pyridine rings is 1. The van der Waals surface area contributed by atoms with E-state index in [1.54, 1.807) is 35.0 Å². The van der Waals surface area contributed by atoms with E-state index in [-0.39, 0.29) is 10.8 Å². The minimum atomic E-state index is -3.80. The van der Waals surface area contributed by atoms with E-state index in [2.05, 4.69) is 30.3 Å². The molecule has 5 rings (SSSR count). The van der Waals surface area contributed by atoms with Crippen LogP contribution < -0.4 is 10.0 Å². The number of hydrogen-bond donors (Lipinski definition) is 2. The van der Waals surface area contributed by atoms with Gasteiger partial charge in [0.15, 0.2) is 5.65 Å². The van der Waals surface area contributed by atoms with Gasteiger partial charge in [0.1, 0.15) is 5.69 Å². The molecule has 10 nitrogen and oxygen atoms in total. The molecule has 35 heavy (non-hydrogen) atoms. The number of sulfonamides is 1. The monoisotopic (exact) mass is 485 g/mol. The lowest BCUT2D eigenvalue weighted by molar-refractivity contribution is -0.114. The quantitative estimate of drug-likeness (QED) is 0.376. The zero-order valence-corrected chi connectivity index (χ0v) is 19.3. The average Bonchev–Trinajstić information content (AvgIpc) is 3.28. The maximum atomic E-state index is 12.7. The SMILES string of the molecule is CC(=O)Nc1ccc(S(=O)(=O)Nc2ccc(-c3ccc4nnc(-c5ccccn5)n4n3)cc2)cc1. The molecule has 2 N–H and O–H groups in total. The first-order chi connectivity index (χ1) is 16.9. The van der Waals surface area contributed by atoms with Crippen molar-refractivity contribution in [3.05, 3.63) is 85.1 Å². The highest BCUT2D eigenvalue weighted by molar-refractivity contribution is 7.92. The second kappa shape index (κ2) is 8.95. The molecule has 0 aliphatic rings. The molecule has 0 bridgehead atoms. The minimum absolute atomic E-state index is 0.0810. The molecule has 174 valence electrons. The van der Waals surface area contributed by atoms with E-state index < -0.39 is 10.0 Å². The van der Waals surface area contributed by atoms with E-state index in [0.29, 0.717) is 34.2 Å². The number of benzene rings is 2. The number of aromatic nitrogens is 5. The van der Waals surface area contributed by atoms with Crippen LogP contribution in [-0.2, 0) is 14.8 Å². The minimum Gasteiger partial charge on any atom is -0.326 e. The van der Waals surface area contributed by atoms with Gasteiger partial charge in [0, 0.05) is 30.1 Å². The van der Waals surface area contributed by atoms with Gasteiger partial charge in [0.2, 0.25) is 11.7 Å². The van der Waals surface area contributed by atoms with Gasteiger partial charge in [-0.1, -0.05) is 18.2 Å². The molecule has 0 spiro atoms. The van der Waals surface area contributed by atoms with Crippen molar-refractivity contribution in [2.24, 2.45) is 0 Å². The molecule has 0 saturated heterocycles. The zero-order chi connectivity index (χ0) is 24.4. The highest BCUT2D eigenvalue weighted by Crippen LogP contribution is 2.24. The summed E-state index contributed by atoms with van der Waals surface area (Å²) in [6, 6.07) is 22.0. The zero-order valence-electron chi connectivity index (χ0n) is 18.5. The maximum Gasteiger partial charge on any atom is 0.261 e. The highest BCUT2D eigenvalue weighted by Gasteiger charge is 2.15. The number of hydrogen-bond acceptors (Lipinski definition) is 7. The molecule has 3 aromatic heterocycles. The van der Waals surface area contributed by atoms with Crippen molar-refractivity contribution >= 4 is 33.0 Å². The lowest BCUT2D eigenvalue weighted by Crippen LogP contribution is -2.13. The first-order valence-electron chi connectivity index (χ1n) is 10.5. The van der Waals surface area contributed by atoms with Crippen molar-refractivity contribution in [1.29, 1.82) is 0 Å². The third-order valence-corrected chi connectivity index (χ3v) is 6.47. The van der Waals surface area contributed by atoms with Crippen LogP contribution in [0.3, 0.4) is 0 Å². The van der Waals surface area contributed by atoms with Crippen molar-refractivity contribution in [2.45, 2.75) is 11.8 Å². The van der Waals surface area contributed by atoms with E-state index in [4.69, 9.17) is 0 Å². The molecule has 0 fully saturated rings. The molecule has 0 aliphatic heterocycles. The van der Waals surface area contributed by atoms with Gasteiger partial charge in [-0.15, -0.1) is 10.2 Å². The highest BCUT2D eigenvalue weighted by atomic mass is 32.2. The van der Waals surface area contributed by atoms with Crippen LogP contribution in [0.15, 0.2) is 90.0 Å². The Balaban J connectivity index is 1.37. The number of rotatable bonds is 6. The van der Waals surface area contributed by atoms with E-state index in [1.807, 2.05) is 30.3 Å². The van der Waals surface area contributed by atoms with E-state index in [0.717, 1.165) is 5.56 Å². The van der Waals surface area contributed by atoms with Crippen molar-refractivity contribution < 1.29 is 13.2 Å². The van der Waals surface area contributed by atoms with Crippen LogP contribution in [0.1, 0.15) is 6.92 Å². The normalized spacial score (nSPS) is 11.3. The Morgan fingerprint density at radius 3 is 2.26 bits per heavy atom. The van der Waals surface area contributed by atoms with Crippen molar-refractivity contribution in [2.75, 3.05) is 10.0 Å². The number of fused-ring (bicyclic) bond motifs is 1. The Bertz CT molecular complexity index is 1620. The molecule has 0 atom stereocenters. The Kier molecular flexibility index (Phi) is 5.67. The topological polar surface area (TPSA) is 131 Å². The van der Waals surface area contributed by atoms with Gasteiger partial charge in [-0.2, -0.15) is 9.61 Å². The summed E-state index contributed by atoms with van der Waals surface area (Å²) >= 11 is 0. The van der Waals surface area contributed by atoms with E-state index in [9.17, 15) is 13.2 Å².